The van der Waals surface area contributed by atoms with Crippen LogP contribution in [0.1, 0.15) is 0 Å². The second-order valence-electron chi connectivity index (χ2n) is 3.27. The summed E-state index contributed by atoms with van der Waals surface area (Å²) < 4.78 is 52.0. The number of pyridine rings is 2. The van der Waals surface area contributed by atoms with Crippen molar-refractivity contribution < 1.29 is 59.0 Å². The minimum Gasteiger partial charge on any atom is -0.618 e. The molecule has 15 heteroatoms. The van der Waals surface area contributed by atoms with Crippen LogP contribution in [0, 0.1) is 32.0 Å². The van der Waals surface area contributed by atoms with Crippen LogP contribution < -0.4 is 37.4 Å². The third kappa shape index (κ3) is 15.7. The Kier molecular flexibility index (Phi) is 17.2. The summed E-state index contributed by atoms with van der Waals surface area (Å²) in [6.07, 6.45) is 2.86. The summed E-state index contributed by atoms with van der Waals surface area (Å²) in [6, 6.07) is 10.3. The van der Waals surface area contributed by atoms with Gasteiger partial charge in [-0.05, 0) is 12.1 Å². The second kappa shape index (κ2) is 16.0. The maximum Gasteiger partial charge on any atom is 2.00 e. The van der Waals surface area contributed by atoms with Gasteiger partial charge < -0.3 is 38.4 Å². The van der Waals surface area contributed by atoms with Crippen molar-refractivity contribution in [2.45, 2.75) is 10.1 Å². The Morgan fingerprint density at radius 2 is 0.920 bits per heavy atom. The molecule has 0 N–H and O–H groups in total. The summed E-state index contributed by atoms with van der Waals surface area (Å²) in [4.78, 5) is 0. The van der Waals surface area contributed by atoms with Gasteiger partial charge in [0, 0.05) is 45.9 Å². The Labute approximate surface area is 173 Å². The van der Waals surface area contributed by atoms with Crippen molar-refractivity contribution in [1.29, 1.82) is 0 Å². The molecule has 0 atom stereocenters. The Balaban J connectivity index is 0. The van der Waals surface area contributed by atoms with Gasteiger partial charge in [-0.15, -0.1) is 0 Å². The van der Waals surface area contributed by atoms with Gasteiger partial charge in [-0.25, -0.2) is 0 Å². The fourth-order valence-corrected chi connectivity index (χ4v) is 3.03. The number of aromatic nitrogens is 2. The van der Waals surface area contributed by atoms with E-state index in [4.69, 9.17) is 28.0 Å². The minimum atomic E-state index is -2.85. The van der Waals surface area contributed by atoms with Gasteiger partial charge in [-0.3, -0.25) is 0 Å². The van der Waals surface area contributed by atoms with Gasteiger partial charge in [-0.2, -0.15) is 9.46 Å². The van der Waals surface area contributed by atoms with E-state index in [9.17, 15) is 10.4 Å². The van der Waals surface area contributed by atoms with Gasteiger partial charge in [0.15, 0.2) is 12.4 Å². The first-order chi connectivity index (χ1) is 11.2. The van der Waals surface area contributed by atoms with Crippen LogP contribution in [0.2, 0.25) is 0 Å². The van der Waals surface area contributed by atoms with E-state index in [-0.39, 0.29) is 23.9 Å². The predicted molar refractivity (Wildman–Crippen MR) is 68.3 cm³/mol. The van der Waals surface area contributed by atoms with Crippen molar-refractivity contribution in [3.8, 4) is 0 Å². The van der Waals surface area contributed by atoms with Crippen molar-refractivity contribution in [1.82, 2.24) is 0 Å². The fourth-order valence-electron chi connectivity index (χ4n) is 1.04. The standard InChI is InChI=1S/C10H8N2O2S2.2ClO3.Sn/c13-11-7-3-1-5-9(11)15-16-10-6-2-4-8-12(10)14;2*2-1(3)4;/h1-8H;;;/q;2*-1;+2. The fraction of sp³-hybridized carbons (Fsp3) is 0. The number of rotatable bonds is 3. The average molecular weight is 538 g/mol. The summed E-state index contributed by atoms with van der Waals surface area (Å²) in [7, 11) is -3.18. The molecule has 0 fully saturated rings. The third-order valence-corrected chi connectivity index (χ3v) is 4.12. The molecule has 25 heavy (non-hydrogen) atoms. The molecule has 0 unspecified atom stereocenters. The molecular formula is C10H8Cl2N2O8S2Sn. The van der Waals surface area contributed by atoms with E-state index in [0.29, 0.717) is 10.1 Å². The minimum absolute atomic E-state index is 0. The van der Waals surface area contributed by atoms with E-state index in [1.54, 1.807) is 36.4 Å². The first-order valence-electron chi connectivity index (χ1n) is 5.41. The van der Waals surface area contributed by atoms with Crippen molar-refractivity contribution in [2.24, 2.45) is 0 Å². The van der Waals surface area contributed by atoms with Crippen LogP contribution in [-0.2, 0) is 0 Å². The van der Waals surface area contributed by atoms with E-state index in [1.165, 1.54) is 34.0 Å². The van der Waals surface area contributed by atoms with E-state index >= 15 is 0 Å². The van der Waals surface area contributed by atoms with Crippen molar-refractivity contribution in [2.75, 3.05) is 0 Å². The molecular weight excluding hydrogens is 530 g/mol. The van der Waals surface area contributed by atoms with Gasteiger partial charge in [-0.1, -0.05) is 0 Å². The molecule has 2 rings (SSSR count). The van der Waals surface area contributed by atoms with Crippen molar-refractivity contribution >= 4 is 45.5 Å². The van der Waals surface area contributed by atoms with Gasteiger partial charge in [0.25, 0.3) is 10.1 Å². The Hall–Kier alpha value is -0.261. The molecule has 2 heterocycles. The second-order valence-corrected chi connectivity index (χ2v) is 6.20. The molecule has 0 spiro atoms. The largest absolute Gasteiger partial charge is 2.00 e. The van der Waals surface area contributed by atoms with Crippen LogP contribution in [0.15, 0.2) is 58.8 Å². The molecule has 0 aromatic carbocycles. The summed E-state index contributed by atoms with van der Waals surface area (Å²) in [6.45, 7) is 0. The molecule has 2 radical (unpaired) electrons. The van der Waals surface area contributed by atoms with E-state index in [1.807, 2.05) is 0 Å². The topological polar surface area (TPSA) is 192 Å². The van der Waals surface area contributed by atoms with Crippen LogP contribution in [-0.4, -0.2) is 23.9 Å². The molecule has 2 aromatic rings. The first-order valence-corrected chi connectivity index (χ1v) is 9.41. The van der Waals surface area contributed by atoms with E-state index in [0.717, 1.165) is 9.46 Å². The van der Waals surface area contributed by atoms with Crippen LogP contribution in [0.25, 0.3) is 0 Å². The molecule has 0 amide bonds. The molecule has 0 bridgehead atoms. The zero-order valence-corrected chi connectivity index (χ0v) is 17.9. The normalized spacial score (nSPS) is 9.44. The van der Waals surface area contributed by atoms with Crippen LogP contribution >= 0.6 is 21.6 Å². The van der Waals surface area contributed by atoms with Gasteiger partial charge >= 0.3 is 23.9 Å². The third-order valence-electron chi connectivity index (χ3n) is 1.79. The monoisotopic (exact) mass is 538 g/mol. The zero-order valence-electron chi connectivity index (χ0n) is 11.9. The molecule has 2 aromatic heterocycles. The zero-order chi connectivity index (χ0) is 18.5. The smallest absolute Gasteiger partial charge is 0.618 e. The molecule has 0 aliphatic carbocycles. The van der Waals surface area contributed by atoms with Crippen LogP contribution in [0.4, 0.5) is 0 Å². The number of nitrogens with zero attached hydrogens (tertiary/aromatic N) is 2. The number of hydrogen-bond donors (Lipinski definition) is 0. The van der Waals surface area contributed by atoms with E-state index < -0.39 is 21.6 Å². The molecule has 0 aliphatic heterocycles. The molecule has 0 saturated heterocycles. The number of hydrogen-bond acceptors (Lipinski definition) is 10. The van der Waals surface area contributed by atoms with Gasteiger partial charge in [0.2, 0.25) is 0 Å². The predicted octanol–water partition coefficient (Wildman–Crippen LogP) is -5.76. The Bertz CT molecular complexity index is 545. The maximum atomic E-state index is 11.3. The summed E-state index contributed by atoms with van der Waals surface area (Å²) in [5.74, 6) is 0. The molecule has 136 valence electrons. The summed E-state index contributed by atoms with van der Waals surface area (Å²) in [5, 5.41) is 23.8. The van der Waals surface area contributed by atoms with Crippen LogP contribution in [0.3, 0.4) is 0 Å². The van der Waals surface area contributed by atoms with Crippen molar-refractivity contribution in [3.63, 3.8) is 0 Å². The summed E-state index contributed by atoms with van der Waals surface area (Å²) >= 11 is 0. The first kappa shape index (κ1) is 27.0. The maximum absolute atomic E-state index is 11.3. The molecule has 0 saturated carbocycles. The Morgan fingerprint density at radius 3 is 1.16 bits per heavy atom. The Morgan fingerprint density at radius 1 is 0.640 bits per heavy atom. The average Bonchev–Trinajstić information content (AvgIpc) is 2.47. The molecule has 10 nitrogen and oxygen atoms in total. The SMILES string of the molecule is [O-][Cl+2]([O-])[O-].[O-][Cl+2]([O-])[O-].[O-][n+]1ccccc1SSc1cccc[n+]1[O-].[Sn+2]. The van der Waals surface area contributed by atoms with Gasteiger partial charge in [0.05, 0.1) is 21.6 Å². The van der Waals surface area contributed by atoms with Crippen molar-refractivity contribution in [3.05, 3.63) is 59.2 Å². The van der Waals surface area contributed by atoms with E-state index in [2.05, 4.69) is 0 Å². The van der Waals surface area contributed by atoms with Crippen LogP contribution in [0.5, 0.6) is 0 Å². The van der Waals surface area contributed by atoms with Gasteiger partial charge in [0.1, 0.15) is 0 Å². The number of halogens is 2. The summed E-state index contributed by atoms with van der Waals surface area (Å²) in [5.41, 5.74) is 0. The quantitative estimate of drug-likeness (QED) is 0.158. The molecule has 0 aliphatic rings.